The first-order valence-corrected chi connectivity index (χ1v) is 10.6. The van der Waals surface area contributed by atoms with E-state index in [1.165, 1.54) is 21.8 Å². The second-order valence-electron chi connectivity index (χ2n) is 7.58. The number of carbonyl (C=O) groups is 1. The fourth-order valence-electron chi connectivity index (χ4n) is 3.85. The second kappa shape index (κ2) is 10.2. The molecule has 0 amide bonds. The number of methoxy groups -OCH3 is 1. The average Bonchev–Trinajstić information content (AvgIpc) is 3.11. The molecule has 6 nitrogen and oxygen atoms in total. The maximum atomic E-state index is 10.8. The molecule has 0 aliphatic carbocycles. The van der Waals surface area contributed by atoms with Gasteiger partial charge in [-0.2, -0.15) is 4.57 Å². The number of rotatable bonds is 10. The molecule has 2 aromatic heterocycles. The Bertz CT molecular complexity index is 1240. The van der Waals surface area contributed by atoms with Crippen LogP contribution < -0.4 is 4.57 Å². The van der Waals surface area contributed by atoms with E-state index in [-0.39, 0.29) is 6.54 Å². The van der Waals surface area contributed by atoms with E-state index in [1.54, 1.807) is 24.1 Å². The van der Waals surface area contributed by atoms with Crippen molar-refractivity contribution < 1.29 is 23.9 Å². The zero-order valence-electron chi connectivity index (χ0n) is 18.1. The summed E-state index contributed by atoms with van der Waals surface area (Å²) in [7, 11) is 1.68. The second-order valence-corrected chi connectivity index (χ2v) is 7.58. The monoisotopic (exact) mass is 431 g/mol. The molecule has 6 heteroatoms. The van der Waals surface area contributed by atoms with Crippen molar-refractivity contribution in [1.82, 2.24) is 4.57 Å². The molecule has 0 bridgehead atoms. The number of carboxylic acid groups (broad SMARTS) is 1. The summed E-state index contributed by atoms with van der Waals surface area (Å²) in [6.45, 7) is 2.57. The molecule has 2 aromatic carbocycles. The van der Waals surface area contributed by atoms with E-state index in [0.717, 1.165) is 17.7 Å². The van der Waals surface area contributed by atoms with Gasteiger partial charge < -0.3 is 19.1 Å². The van der Waals surface area contributed by atoms with Crippen LogP contribution in [-0.4, -0.2) is 42.6 Å². The molecule has 0 unspecified atom stereocenters. The standard InChI is InChI=1S/C26H26N2O4/c1-31-16-17-32-15-14-28-24-5-3-2-4-22(24)23-18-21(8-9-25(23)28)7-6-20-10-12-27(13-11-20)19-26(29)30/h2-13,18H,14-17,19H2,1H3/p+1. The number of pyridine rings is 1. The van der Waals surface area contributed by atoms with E-state index in [0.29, 0.717) is 19.8 Å². The lowest BCUT2D eigenvalue weighted by Gasteiger charge is -2.08. The Labute approximate surface area is 186 Å². The van der Waals surface area contributed by atoms with Gasteiger partial charge in [-0.1, -0.05) is 36.4 Å². The van der Waals surface area contributed by atoms with Crippen molar-refractivity contribution >= 4 is 39.9 Å². The highest BCUT2D eigenvalue weighted by atomic mass is 16.5. The predicted molar refractivity (Wildman–Crippen MR) is 125 cm³/mol. The molecule has 0 fully saturated rings. The van der Waals surface area contributed by atoms with Crippen LogP contribution in [0.15, 0.2) is 67.0 Å². The summed E-state index contributed by atoms with van der Waals surface area (Å²) < 4.78 is 14.7. The number of carboxylic acids is 1. The number of hydrogen-bond donors (Lipinski definition) is 1. The van der Waals surface area contributed by atoms with Crippen LogP contribution in [0.1, 0.15) is 11.1 Å². The third kappa shape index (κ3) is 5.04. The van der Waals surface area contributed by atoms with E-state index >= 15 is 0 Å². The molecular formula is C26H27N2O4+. The van der Waals surface area contributed by atoms with Gasteiger partial charge in [0.25, 0.3) is 0 Å². The minimum absolute atomic E-state index is 0.0395. The summed E-state index contributed by atoms with van der Waals surface area (Å²) >= 11 is 0. The van der Waals surface area contributed by atoms with Crippen LogP contribution in [0.5, 0.6) is 0 Å². The maximum absolute atomic E-state index is 10.8. The summed E-state index contributed by atoms with van der Waals surface area (Å²) in [4.78, 5) is 10.8. The molecule has 0 saturated heterocycles. The van der Waals surface area contributed by atoms with Gasteiger partial charge in [-0.15, -0.1) is 0 Å². The molecule has 164 valence electrons. The number of nitrogens with zero attached hydrogens (tertiary/aromatic N) is 2. The van der Waals surface area contributed by atoms with E-state index in [1.807, 2.05) is 18.2 Å². The zero-order chi connectivity index (χ0) is 22.3. The lowest BCUT2D eigenvalue weighted by molar-refractivity contribution is -0.685. The van der Waals surface area contributed by atoms with Crippen LogP contribution in [0.4, 0.5) is 0 Å². The van der Waals surface area contributed by atoms with Gasteiger partial charge in [0.05, 0.1) is 19.8 Å². The Kier molecular flexibility index (Phi) is 6.94. The number of aromatic nitrogens is 2. The van der Waals surface area contributed by atoms with Gasteiger partial charge in [0, 0.05) is 47.6 Å². The molecule has 0 saturated carbocycles. The number of ether oxygens (including phenoxy) is 2. The SMILES string of the molecule is COCCOCCn1c2ccccc2c2cc(C=Cc3cc[n+](CC(=O)O)cc3)ccc21. The van der Waals surface area contributed by atoms with Gasteiger partial charge in [0.15, 0.2) is 12.4 Å². The molecule has 2 heterocycles. The third-order valence-corrected chi connectivity index (χ3v) is 5.39. The summed E-state index contributed by atoms with van der Waals surface area (Å²) in [5, 5.41) is 11.3. The Morgan fingerprint density at radius 2 is 1.69 bits per heavy atom. The minimum Gasteiger partial charge on any atom is -0.477 e. The smallest absolute Gasteiger partial charge is 0.370 e. The van der Waals surface area contributed by atoms with Gasteiger partial charge >= 0.3 is 5.97 Å². The van der Waals surface area contributed by atoms with Gasteiger partial charge in [-0.25, -0.2) is 4.79 Å². The quantitative estimate of drug-likeness (QED) is 0.305. The highest BCUT2D eigenvalue weighted by Crippen LogP contribution is 2.30. The van der Waals surface area contributed by atoms with Crippen LogP contribution >= 0.6 is 0 Å². The molecule has 0 atom stereocenters. The zero-order valence-corrected chi connectivity index (χ0v) is 18.1. The lowest BCUT2D eigenvalue weighted by atomic mass is 10.1. The van der Waals surface area contributed by atoms with Crippen LogP contribution in [0, 0.1) is 0 Å². The third-order valence-electron chi connectivity index (χ3n) is 5.39. The van der Waals surface area contributed by atoms with E-state index in [4.69, 9.17) is 14.6 Å². The number of benzene rings is 2. The van der Waals surface area contributed by atoms with Crippen LogP contribution in [0.25, 0.3) is 34.0 Å². The van der Waals surface area contributed by atoms with Gasteiger partial charge in [-0.3, -0.25) is 0 Å². The first-order chi connectivity index (χ1) is 15.7. The van der Waals surface area contributed by atoms with Crippen LogP contribution in [0.2, 0.25) is 0 Å². The fraction of sp³-hybridized carbons (Fsp3) is 0.231. The summed E-state index contributed by atoms with van der Waals surface area (Å²) in [5.41, 5.74) is 4.51. The first-order valence-electron chi connectivity index (χ1n) is 10.6. The number of fused-ring (bicyclic) bond motifs is 3. The van der Waals surface area contributed by atoms with Crippen molar-refractivity contribution in [3.05, 3.63) is 78.1 Å². The molecule has 0 aliphatic heterocycles. The Balaban J connectivity index is 1.57. The van der Waals surface area contributed by atoms with Gasteiger partial charge in [-0.05, 0) is 29.3 Å². The first kappa shape index (κ1) is 21.7. The molecular weight excluding hydrogens is 404 g/mol. The number of aliphatic carboxylic acids is 1. The van der Waals surface area contributed by atoms with Crippen molar-refractivity contribution in [2.24, 2.45) is 0 Å². The normalized spacial score (nSPS) is 11.7. The molecule has 0 radical (unpaired) electrons. The summed E-state index contributed by atoms with van der Waals surface area (Å²) in [6, 6.07) is 18.8. The topological polar surface area (TPSA) is 64.6 Å². The van der Waals surface area contributed by atoms with Crippen molar-refractivity contribution in [3.8, 4) is 0 Å². The van der Waals surface area contributed by atoms with E-state index in [9.17, 15) is 4.79 Å². The molecule has 0 aliphatic rings. The van der Waals surface area contributed by atoms with Crippen molar-refractivity contribution in [3.63, 3.8) is 0 Å². The Morgan fingerprint density at radius 1 is 0.938 bits per heavy atom. The van der Waals surface area contributed by atoms with Crippen molar-refractivity contribution in [2.45, 2.75) is 13.1 Å². The molecule has 1 N–H and O–H groups in total. The number of para-hydroxylation sites is 1. The fourth-order valence-corrected chi connectivity index (χ4v) is 3.85. The van der Waals surface area contributed by atoms with E-state index in [2.05, 4.69) is 53.1 Å². The molecule has 4 rings (SSSR count). The summed E-state index contributed by atoms with van der Waals surface area (Å²) in [6.07, 6.45) is 7.67. The molecule has 32 heavy (non-hydrogen) atoms. The largest absolute Gasteiger partial charge is 0.477 e. The van der Waals surface area contributed by atoms with Gasteiger partial charge in [0.2, 0.25) is 6.54 Å². The summed E-state index contributed by atoms with van der Waals surface area (Å²) in [5.74, 6) is -0.854. The Morgan fingerprint density at radius 3 is 2.47 bits per heavy atom. The van der Waals surface area contributed by atoms with Gasteiger partial charge in [0.1, 0.15) is 0 Å². The average molecular weight is 432 g/mol. The number of hydrogen-bond acceptors (Lipinski definition) is 3. The van der Waals surface area contributed by atoms with Crippen molar-refractivity contribution in [2.75, 3.05) is 26.9 Å². The lowest BCUT2D eigenvalue weighted by Crippen LogP contribution is -2.36. The molecule has 0 spiro atoms. The Hall–Kier alpha value is -3.48. The highest BCUT2D eigenvalue weighted by molar-refractivity contribution is 6.08. The van der Waals surface area contributed by atoms with Crippen molar-refractivity contribution in [1.29, 1.82) is 0 Å². The minimum atomic E-state index is -0.854. The predicted octanol–water partition coefficient (Wildman–Crippen LogP) is 4.00. The van der Waals surface area contributed by atoms with Crippen LogP contribution in [0.3, 0.4) is 0 Å². The maximum Gasteiger partial charge on any atom is 0.370 e. The van der Waals surface area contributed by atoms with E-state index < -0.39 is 5.97 Å². The molecule has 4 aromatic rings. The van der Waals surface area contributed by atoms with Crippen LogP contribution in [-0.2, 0) is 27.4 Å². The highest BCUT2D eigenvalue weighted by Gasteiger charge is 2.10.